The summed E-state index contributed by atoms with van der Waals surface area (Å²) in [6, 6.07) is 11.0. The predicted octanol–water partition coefficient (Wildman–Crippen LogP) is 5.03. The van der Waals surface area contributed by atoms with Crippen molar-refractivity contribution in [2.75, 3.05) is 31.3 Å². The van der Waals surface area contributed by atoms with Crippen molar-refractivity contribution in [3.63, 3.8) is 0 Å². The van der Waals surface area contributed by atoms with Crippen molar-refractivity contribution in [1.29, 1.82) is 0 Å². The van der Waals surface area contributed by atoms with E-state index in [9.17, 15) is 0 Å². The number of para-hydroxylation sites is 1. The molecule has 0 saturated carbocycles. The summed E-state index contributed by atoms with van der Waals surface area (Å²) in [6.45, 7) is 4.17. The van der Waals surface area contributed by atoms with Gasteiger partial charge in [-0.25, -0.2) is 19.9 Å². The van der Waals surface area contributed by atoms with E-state index in [-0.39, 0.29) is 5.15 Å². The Balaban J connectivity index is 1.99. The molecule has 0 spiro atoms. The smallest absolute Gasteiger partial charge is 0.213 e. The molecule has 0 radical (unpaired) electrons. The maximum absolute atomic E-state index is 6.43. The number of ether oxygens (including phenoxy) is 3. The largest absolute Gasteiger partial charge is 0.494 e. The number of hydrogen-bond donors (Lipinski definition) is 1. The van der Waals surface area contributed by atoms with Crippen LogP contribution in [0.15, 0.2) is 36.4 Å². The zero-order valence-electron chi connectivity index (χ0n) is 19.6. The van der Waals surface area contributed by atoms with Gasteiger partial charge in [0.1, 0.15) is 22.9 Å². The van der Waals surface area contributed by atoms with E-state index in [1.165, 1.54) is 11.9 Å². The van der Waals surface area contributed by atoms with E-state index in [1.807, 2.05) is 37.3 Å². The van der Waals surface area contributed by atoms with Crippen molar-refractivity contribution in [2.24, 2.45) is 0 Å². The maximum Gasteiger partial charge on any atom is 0.213 e. The molecule has 0 atom stereocenters. The number of halogens is 1. The van der Waals surface area contributed by atoms with Crippen LogP contribution in [0.3, 0.4) is 0 Å². The minimum atomic E-state index is 0.189. The number of fused-ring (bicyclic) bond motifs is 1. The molecular weight excluding hydrogens is 488 g/mol. The monoisotopic (exact) mass is 510 g/mol. The third-order valence-corrected chi connectivity index (χ3v) is 5.70. The van der Waals surface area contributed by atoms with Crippen LogP contribution in [0.5, 0.6) is 17.4 Å². The third kappa shape index (κ3) is 5.06. The van der Waals surface area contributed by atoms with Crippen molar-refractivity contribution in [3.05, 3.63) is 41.6 Å². The molecule has 0 unspecified atom stereocenters. The van der Waals surface area contributed by atoms with E-state index >= 15 is 0 Å². The molecule has 180 valence electrons. The molecule has 0 amide bonds. The quantitative estimate of drug-likeness (QED) is 0.189. The van der Waals surface area contributed by atoms with Gasteiger partial charge in [0.05, 0.1) is 26.6 Å². The Kier molecular flexibility index (Phi) is 7.80. The van der Waals surface area contributed by atoms with Crippen molar-refractivity contribution in [3.8, 4) is 46.4 Å². The molecule has 1 aromatic carbocycles. The SMILES string of the molecule is CC#CCSNc1nc2c(nc1Cl)nc(-c1cccc(OCC)n1)n2-c1c(OC)cccc1OC. The first kappa shape index (κ1) is 24.4. The number of imidazole rings is 1. The topological polar surface area (TPSA) is 96.2 Å². The number of methoxy groups -OCH3 is 2. The Morgan fingerprint density at radius 3 is 2.46 bits per heavy atom. The highest BCUT2D eigenvalue weighted by molar-refractivity contribution is 8.00. The first-order valence-corrected chi connectivity index (χ1v) is 12.0. The zero-order chi connectivity index (χ0) is 24.8. The normalized spacial score (nSPS) is 10.5. The number of nitrogens with zero attached hydrogens (tertiary/aromatic N) is 5. The first-order valence-electron chi connectivity index (χ1n) is 10.7. The fourth-order valence-electron chi connectivity index (χ4n) is 3.35. The Hall–Kier alpha value is -3.68. The van der Waals surface area contributed by atoms with Crippen molar-refractivity contribution >= 4 is 40.7 Å². The highest BCUT2D eigenvalue weighted by Gasteiger charge is 2.25. The first-order chi connectivity index (χ1) is 17.1. The van der Waals surface area contributed by atoms with E-state index in [1.54, 1.807) is 31.8 Å². The maximum atomic E-state index is 6.43. The molecule has 0 saturated heterocycles. The van der Waals surface area contributed by atoms with Gasteiger partial charge in [-0.1, -0.05) is 29.7 Å². The van der Waals surface area contributed by atoms with Crippen molar-refractivity contribution in [1.82, 2.24) is 24.5 Å². The van der Waals surface area contributed by atoms with Gasteiger partial charge in [0.2, 0.25) is 5.88 Å². The molecule has 0 bridgehead atoms. The number of hydrogen-bond acceptors (Lipinski definition) is 9. The Labute approximate surface area is 212 Å². The fraction of sp³-hybridized carbons (Fsp3) is 0.250. The van der Waals surface area contributed by atoms with Crippen LogP contribution in [0, 0.1) is 11.8 Å². The molecule has 0 aliphatic heterocycles. The van der Waals surface area contributed by atoms with E-state index in [4.69, 9.17) is 35.8 Å². The number of nitrogens with one attached hydrogen (secondary N) is 1. The second-order valence-corrected chi connectivity index (χ2v) is 8.04. The summed E-state index contributed by atoms with van der Waals surface area (Å²) >= 11 is 7.80. The molecular formula is C24H23ClN6O3S. The van der Waals surface area contributed by atoms with E-state index in [2.05, 4.69) is 26.5 Å². The van der Waals surface area contributed by atoms with Crippen molar-refractivity contribution < 1.29 is 14.2 Å². The van der Waals surface area contributed by atoms with Crippen LogP contribution in [0.4, 0.5) is 5.82 Å². The van der Waals surface area contributed by atoms with Gasteiger partial charge >= 0.3 is 0 Å². The Bertz CT molecular complexity index is 1390. The van der Waals surface area contributed by atoms with Gasteiger partial charge in [0.25, 0.3) is 0 Å². The van der Waals surface area contributed by atoms with E-state index in [0.717, 1.165) is 0 Å². The summed E-state index contributed by atoms with van der Waals surface area (Å²) in [5.74, 6) is 8.84. The van der Waals surface area contributed by atoms with Gasteiger partial charge in [-0.3, -0.25) is 4.57 Å². The lowest BCUT2D eigenvalue weighted by Crippen LogP contribution is -2.06. The van der Waals surface area contributed by atoms with Gasteiger partial charge in [-0.2, -0.15) is 0 Å². The highest BCUT2D eigenvalue weighted by atomic mass is 35.5. The number of aromatic nitrogens is 5. The molecule has 11 heteroatoms. The van der Waals surface area contributed by atoms with Crippen LogP contribution < -0.4 is 18.9 Å². The van der Waals surface area contributed by atoms with Gasteiger partial charge in [-0.05, 0) is 44.0 Å². The minimum absolute atomic E-state index is 0.189. The zero-order valence-corrected chi connectivity index (χ0v) is 21.2. The van der Waals surface area contributed by atoms with Crippen molar-refractivity contribution in [2.45, 2.75) is 13.8 Å². The molecule has 0 aliphatic rings. The highest BCUT2D eigenvalue weighted by Crippen LogP contribution is 2.38. The molecule has 3 heterocycles. The Morgan fingerprint density at radius 2 is 1.77 bits per heavy atom. The lowest BCUT2D eigenvalue weighted by molar-refractivity contribution is 0.327. The molecule has 1 N–H and O–H groups in total. The summed E-state index contributed by atoms with van der Waals surface area (Å²) in [4.78, 5) is 18.6. The average Bonchev–Trinajstić information content (AvgIpc) is 3.24. The van der Waals surface area contributed by atoms with Gasteiger partial charge in [-0.15, -0.1) is 5.92 Å². The predicted molar refractivity (Wildman–Crippen MR) is 139 cm³/mol. The molecule has 4 rings (SSSR count). The van der Waals surface area contributed by atoms with Crippen LogP contribution in [-0.2, 0) is 0 Å². The molecule has 0 fully saturated rings. The number of anilines is 1. The second-order valence-electron chi connectivity index (χ2n) is 6.90. The third-order valence-electron chi connectivity index (χ3n) is 4.81. The van der Waals surface area contributed by atoms with Crippen LogP contribution in [0.2, 0.25) is 5.15 Å². The number of pyridine rings is 1. The lowest BCUT2D eigenvalue weighted by Gasteiger charge is -2.16. The standard InChI is InChI=1S/C24H23ClN6O3S/c1-5-7-14-35-30-21-20(25)27-22-24(28-21)31(19-16(32-3)11-9-12-17(19)33-4)23(29-22)15-10-8-13-18(26-15)34-6-2/h8-13H,6,14H2,1-4H3,(H,28,30). The molecule has 0 aliphatic carbocycles. The summed E-state index contributed by atoms with van der Waals surface area (Å²) in [5, 5.41) is 0.189. The fourth-order valence-corrected chi connectivity index (χ4v) is 4.15. The Morgan fingerprint density at radius 1 is 1.03 bits per heavy atom. The summed E-state index contributed by atoms with van der Waals surface area (Å²) in [5.41, 5.74) is 1.94. The summed E-state index contributed by atoms with van der Waals surface area (Å²) < 4.78 is 21.9. The molecule has 3 aromatic heterocycles. The molecule has 4 aromatic rings. The van der Waals surface area contributed by atoms with Crippen LogP contribution >= 0.6 is 23.5 Å². The minimum Gasteiger partial charge on any atom is -0.494 e. The number of benzene rings is 1. The van der Waals surface area contributed by atoms with Crippen LogP contribution in [-0.4, -0.2) is 51.1 Å². The summed E-state index contributed by atoms with van der Waals surface area (Å²) in [7, 11) is 3.18. The van der Waals surface area contributed by atoms with Gasteiger partial charge in [0.15, 0.2) is 28.1 Å². The van der Waals surface area contributed by atoms with Gasteiger partial charge < -0.3 is 18.9 Å². The molecule has 35 heavy (non-hydrogen) atoms. The summed E-state index contributed by atoms with van der Waals surface area (Å²) in [6.07, 6.45) is 0. The van der Waals surface area contributed by atoms with E-state index < -0.39 is 0 Å². The van der Waals surface area contributed by atoms with E-state index in [0.29, 0.717) is 64.1 Å². The van der Waals surface area contributed by atoms with Crippen LogP contribution in [0.1, 0.15) is 13.8 Å². The van der Waals surface area contributed by atoms with Gasteiger partial charge in [0, 0.05) is 6.07 Å². The second kappa shape index (κ2) is 11.2. The number of rotatable bonds is 9. The van der Waals surface area contributed by atoms with Crippen LogP contribution in [0.25, 0.3) is 28.5 Å². The lowest BCUT2D eigenvalue weighted by atomic mass is 10.2. The average molecular weight is 511 g/mol. The molecule has 9 nitrogen and oxygen atoms in total.